The molecule has 0 spiro atoms. The Bertz CT molecular complexity index is 540. The van der Waals surface area contributed by atoms with Crippen molar-refractivity contribution < 1.29 is 9.50 Å². The van der Waals surface area contributed by atoms with E-state index in [1.54, 1.807) is 24.3 Å². The first kappa shape index (κ1) is 13.3. The molecule has 0 heterocycles. The molecule has 0 bridgehead atoms. The molecule has 1 nitrogen and oxygen atoms in total. The van der Waals surface area contributed by atoms with E-state index < -0.39 is 6.10 Å². The van der Waals surface area contributed by atoms with Crippen molar-refractivity contribution in [3.05, 3.63) is 69.5 Å². The van der Waals surface area contributed by atoms with Crippen molar-refractivity contribution in [1.82, 2.24) is 0 Å². The van der Waals surface area contributed by atoms with Crippen LogP contribution in [-0.4, -0.2) is 5.11 Å². The lowest BCUT2D eigenvalue weighted by atomic mass is 10.0. The summed E-state index contributed by atoms with van der Waals surface area (Å²) in [7, 11) is 0. The number of aliphatic hydroxyl groups is 1. The Kier molecular flexibility index (Phi) is 4.23. The first-order valence-electron chi connectivity index (χ1n) is 5.44. The Morgan fingerprint density at radius 3 is 2.28 bits per heavy atom. The van der Waals surface area contributed by atoms with Crippen molar-refractivity contribution in [2.45, 2.75) is 12.5 Å². The minimum Gasteiger partial charge on any atom is -0.388 e. The van der Waals surface area contributed by atoms with Crippen LogP contribution in [0.2, 0.25) is 10.0 Å². The zero-order valence-corrected chi connectivity index (χ0v) is 10.9. The molecule has 1 unspecified atom stereocenters. The van der Waals surface area contributed by atoms with Crippen molar-refractivity contribution in [3.63, 3.8) is 0 Å². The summed E-state index contributed by atoms with van der Waals surface area (Å²) in [6.45, 7) is 0. The van der Waals surface area contributed by atoms with Crippen molar-refractivity contribution in [3.8, 4) is 0 Å². The predicted molar refractivity (Wildman–Crippen MR) is 71.5 cm³/mol. The second-order valence-corrected chi connectivity index (χ2v) is 4.88. The van der Waals surface area contributed by atoms with E-state index in [-0.39, 0.29) is 12.2 Å². The minimum absolute atomic E-state index is 0.175. The summed E-state index contributed by atoms with van der Waals surface area (Å²) in [5.41, 5.74) is 1.09. The monoisotopic (exact) mass is 284 g/mol. The summed E-state index contributed by atoms with van der Waals surface area (Å²) in [5.74, 6) is -0.368. The number of hydrogen-bond acceptors (Lipinski definition) is 1. The van der Waals surface area contributed by atoms with Gasteiger partial charge in [0.25, 0.3) is 0 Å². The van der Waals surface area contributed by atoms with Crippen molar-refractivity contribution >= 4 is 23.2 Å². The molecule has 0 aliphatic carbocycles. The summed E-state index contributed by atoms with van der Waals surface area (Å²) in [6, 6.07) is 11.1. The summed E-state index contributed by atoms with van der Waals surface area (Å²) in [4.78, 5) is 0. The van der Waals surface area contributed by atoms with Crippen molar-refractivity contribution in [1.29, 1.82) is 0 Å². The minimum atomic E-state index is -0.782. The molecule has 4 heteroatoms. The summed E-state index contributed by atoms with van der Waals surface area (Å²) in [5, 5.41) is 11.1. The molecule has 2 rings (SSSR count). The second-order valence-electron chi connectivity index (χ2n) is 4.01. The van der Waals surface area contributed by atoms with Crippen LogP contribution >= 0.6 is 23.2 Å². The Morgan fingerprint density at radius 1 is 1.00 bits per heavy atom. The van der Waals surface area contributed by atoms with Gasteiger partial charge in [0.05, 0.1) is 6.10 Å². The highest BCUT2D eigenvalue weighted by molar-refractivity contribution is 6.30. The zero-order chi connectivity index (χ0) is 13.1. The Hall–Kier alpha value is -1.09. The lowest BCUT2D eigenvalue weighted by Crippen LogP contribution is -2.03. The van der Waals surface area contributed by atoms with Gasteiger partial charge in [0.15, 0.2) is 0 Å². The summed E-state index contributed by atoms with van der Waals surface area (Å²) in [6.07, 6.45) is -0.608. The Balaban J connectivity index is 2.18. The van der Waals surface area contributed by atoms with Gasteiger partial charge in [-0.3, -0.25) is 0 Å². The van der Waals surface area contributed by atoms with E-state index in [1.165, 1.54) is 18.2 Å². The predicted octanol–water partition coefficient (Wildman–Crippen LogP) is 4.41. The topological polar surface area (TPSA) is 20.2 Å². The van der Waals surface area contributed by atoms with E-state index in [0.717, 1.165) is 0 Å². The number of aliphatic hydroxyl groups excluding tert-OH is 1. The molecule has 0 aliphatic heterocycles. The third kappa shape index (κ3) is 3.22. The third-order valence-corrected chi connectivity index (χ3v) is 3.16. The second kappa shape index (κ2) is 5.70. The lowest BCUT2D eigenvalue weighted by Gasteiger charge is -2.12. The molecule has 0 aromatic heterocycles. The molecular formula is C14H11Cl2FO. The van der Waals surface area contributed by atoms with E-state index in [9.17, 15) is 9.50 Å². The van der Waals surface area contributed by atoms with Crippen LogP contribution < -0.4 is 0 Å². The van der Waals surface area contributed by atoms with Crippen LogP contribution in [0.5, 0.6) is 0 Å². The molecule has 0 amide bonds. The van der Waals surface area contributed by atoms with Crippen LogP contribution in [-0.2, 0) is 6.42 Å². The number of benzene rings is 2. The smallest absolute Gasteiger partial charge is 0.126 e. The maximum Gasteiger partial charge on any atom is 0.126 e. The van der Waals surface area contributed by atoms with Crippen LogP contribution in [0.15, 0.2) is 42.5 Å². The fraction of sp³-hybridized carbons (Fsp3) is 0.143. The van der Waals surface area contributed by atoms with Gasteiger partial charge in [-0.1, -0.05) is 35.3 Å². The molecule has 2 aromatic rings. The first-order chi connectivity index (χ1) is 8.56. The molecule has 94 valence electrons. The molecule has 18 heavy (non-hydrogen) atoms. The molecule has 1 atom stereocenters. The van der Waals surface area contributed by atoms with Crippen LogP contribution in [0.1, 0.15) is 17.2 Å². The molecule has 0 fully saturated rings. The molecule has 0 saturated carbocycles. The highest BCUT2D eigenvalue weighted by Gasteiger charge is 2.12. The largest absolute Gasteiger partial charge is 0.388 e. The molecule has 0 radical (unpaired) electrons. The van der Waals surface area contributed by atoms with Gasteiger partial charge in [-0.2, -0.15) is 0 Å². The molecule has 1 N–H and O–H groups in total. The van der Waals surface area contributed by atoms with Gasteiger partial charge < -0.3 is 5.11 Å². The van der Waals surface area contributed by atoms with Crippen LogP contribution in [0.4, 0.5) is 4.39 Å². The quantitative estimate of drug-likeness (QED) is 0.885. The third-order valence-electron chi connectivity index (χ3n) is 2.68. The van der Waals surface area contributed by atoms with Gasteiger partial charge >= 0.3 is 0 Å². The van der Waals surface area contributed by atoms with Crippen molar-refractivity contribution in [2.24, 2.45) is 0 Å². The molecule has 0 saturated heterocycles. The van der Waals surface area contributed by atoms with Gasteiger partial charge in [-0.05, 0) is 41.5 Å². The lowest BCUT2D eigenvalue weighted by molar-refractivity contribution is 0.177. The first-order valence-corrected chi connectivity index (χ1v) is 6.19. The maximum absolute atomic E-state index is 13.5. The van der Waals surface area contributed by atoms with E-state index in [1.807, 2.05) is 0 Å². The van der Waals surface area contributed by atoms with E-state index in [0.29, 0.717) is 21.2 Å². The number of halogens is 3. The van der Waals surface area contributed by atoms with Gasteiger partial charge in [0.2, 0.25) is 0 Å². The zero-order valence-electron chi connectivity index (χ0n) is 9.41. The van der Waals surface area contributed by atoms with E-state index >= 15 is 0 Å². The number of hydrogen-bond donors (Lipinski definition) is 1. The fourth-order valence-corrected chi connectivity index (χ4v) is 2.03. The van der Waals surface area contributed by atoms with Gasteiger partial charge in [-0.15, -0.1) is 0 Å². The van der Waals surface area contributed by atoms with Gasteiger partial charge in [0, 0.05) is 16.5 Å². The van der Waals surface area contributed by atoms with Crippen LogP contribution in [0.3, 0.4) is 0 Å². The van der Waals surface area contributed by atoms with E-state index in [4.69, 9.17) is 23.2 Å². The average Bonchev–Trinajstić information content (AvgIpc) is 2.34. The Morgan fingerprint density at radius 2 is 1.61 bits per heavy atom. The van der Waals surface area contributed by atoms with Gasteiger partial charge in [0.1, 0.15) is 5.82 Å². The molecule has 2 aromatic carbocycles. The summed E-state index contributed by atoms with van der Waals surface area (Å²) < 4.78 is 13.5. The highest BCUT2D eigenvalue weighted by atomic mass is 35.5. The van der Waals surface area contributed by atoms with Gasteiger partial charge in [-0.25, -0.2) is 4.39 Å². The highest BCUT2D eigenvalue weighted by Crippen LogP contribution is 2.23. The fourth-order valence-electron chi connectivity index (χ4n) is 1.71. The maximum atomic E-state index is 13.5. The van der Waals surface area contributed by atoms with Crippen LogP contribution in [0.25, 0.3) is 0 Å². The normalized spacial score (nSPS) is 12.4. The number of rotatable bonds is 3. The Labute approximate surface area is 115 Å². The van der Waals surface area contributed by atoms with Crippen molar-refractivity contribution in [2.75, 3.05) is 0 Å². The van der Waals surface area contributed by atoms with Crippen LogP contribution in [0, 0.1) is 5.82 Å². The molecular weight excluding hydrogens is 274 g/mol. The SMILES string of the molecule is OC(Cc1cc(Cl)ccc1F)c1ccc(Cl)cc1. The average molecular weight is 285 g/mol. The van der Waals surface area contributed by atoms with E-state index in [2.05, 4.69) is 0 Å². The molecule has 0 aliphatic rings. The standard InChI is InChI=1S/C14H11Cl2FO/c15-11-3-1-9(2-4-11)14(18)8-10-7-12(16)5-6-13(10)17/h1-7,14,18H,8H2. The summed E-state index contributed by atoms with van der Waals surface area (Å²) >= 11 is 11.6.